The van der Waals surface area contributed by atoms with Gasteiger partial charge in [0.05, 0.1) is 6.20 Å². The fourth-order valence-corrected chi connectivity index (χ4v) is 3.30. The molecule has 0 bridgehead atoms. The number of fused-ring (bicyclic) bond motifs is 3. The Labute approximate surface area is 152 Å². The Hall–Kier alpha value is -3.12. The standard InChI is InChI=1S/C19H14ClN3O3/c20-13-7-5-12(6-8-13)10-22-16-4-2-1-3-14(16)15-9-21-23(11-17(24)25)19(26)18(15)22/h1-9H,10-11H2,(H,24,25). The highest BCUT2D eigenvalue weighted by atomic mass is 35.5. The molecule has 130 valence electrons. The molecule has 0 unspecified atom stereocenters. The maximum atomic E-state index is 12.9. The highest BCUT2D eigenvalue weighted by molar-refractivity contribution is 6.30. The molecule has 4 rings (SSSR count). The maximum absolute atomic E-state index is 12.9. The van der Waals surface area contributed by atoms with Gasteiger partial charge in [-0.05, 0) is 23.8 Å². The number of rotatable bonds is 4. The predicted octanol–water partition coefficient (Wildman–Crippen LogP) is 3.14. The van der Waals surface area contributed by atoms with Crippen molar-refractivity contribution >= 4 is 39.4 Å². The number of para-hydroxylation sites is 1. The summed E-state index contributed by atoms with van der Waals surface area (Å²) in [5.41, 5.74) is 1.90. The van der Waals surface area contributed by atoms with E-state index in [0.29, 0.717) is 22.5 Å². The molecular weight excluding hydrogens is 354 g/mol. The zero-order valence-corrected chi connectivity index (χ0v) is 14.3. The van der Waals surface area contributed by atoms with Crippen LogP contribution < -0.4 is 5.56 Å². The van der Waals surface area contributed by atoms with Crippen LogP contribution in [0.3, 0.4) is 0 Å². The van der Waals surface area contributed by atoms with Crippen molar-refractivity contribution in [2.45, 2.75) is 13.1 Å². The molecule has 2 aromatic carbocycles. The van der Waals surface area contributed by atoms with Crippen molar-refractivity contribution in [3.8, 4) is 0 Å². The topological polar surface area (TPSA) is 77.1 Å². The van der Waals surface area contributed by atoms with Crippen LogP contribution >= 0.6 is 11.6 Å². The van der Waals surface area contributed by atoms with Crippen molar-refractivity contribution in [3.05, 3.63) is 75.7 Å². The Morgan fingerprint density at radius 1 is 1.08 bits per heavy atom. The van der Waals surface area contributed by atoms with E-state index in [0.717, 1.165) is 21.1 Å². The Kier molecular flexibility index (Phi) is 3.97. The van der Waals surface area contributed by atoms with Crippen LogP contribution in [-0.4, -0.2) is 25.4 Å². The third-order valence-electron chi connectivity index (χ3n) is 4.31. The lowest BCUT2D eigenvalue weighted by Gasteiger charge is -2.08. The first-order chi connectivity index (χ1) is 12.5. The number of aliphatic carboxylic acids is 1. The lowest BCUT2D eigenvalue weighted by Crippen LogP contribution is -2.27. The summed E-state index contributed by atoms with van der Waals surface area (Å²) in [7, 11) is 0. The van der Waals surface area contributed by atoms with Gasteiger partial charge < -0.3 is 9.67 Å². The highest BCUT2D eigenvalue weighted by Crippen LogP contribution is 2.27. The summed E-state index contributed by atoms with van der Waals surface area (Å²) in [6.45, 7) is -0.00918. The van der Waals surface area contributed by atoms with Crippen molar-refractivity contribution in [2.75, 3.05) is 0 Å². The summed E-state index contributed by atoms with van der Waals surface area (Å²) in [5.74, 6) is -1.11. The summed E-state index contributed by atoms with van der Waals surface area (Å²) in [4.78, 5) is 23.9. The van der Waals surface area contributed by atoms with Crippen LogP contribution in [0.5, 0.6) is 0 Å². The van der Waals surface area contributed by atoms with Gasteiger partial charge in [0.15, 0.2) is 0 Å². The van der Waals surface area contributed by atoms with E-state index in [1.54, 1.807) is 18.3 Å². The molecule has 0 spiro atoms. The van der Waals surface area contributed by atoms with E-state index in [1.165, 1.54) is 0 Å². The van der Waals surface area contributed by atoms with Crippen molar-refractivity contribution in [1.82, 2.24) is 14.3 Å². The number of carboxylic acids is 1. The molecule has 0 fully saturated rings. The number of carboxylic acid groups (broad SMARTS) is 1. The average molecular weight is 368 g/mol. The van der Waals surface area contributed by atoms with Gasteiger partial charge in [0, 0.05) is 27.9 Å². The number of carbonyl (C=O) groups is 1. The van der Waals surface area contributed by atoms with Gasteiger partial charge in [-0.3, -0.25) is 9.59 Å². The molecule has 0 radical (unpaired) electrons. The third kappa shape index (κ3) is 2.74. The van der Waals surface area contributed by atoms with Crippen LogP contribution in [0.4, 0.5) is 0 Å². The van der Waals surface area contributed by atoms with Crippen LogP contribution in [0.1, 0.15) is 5.56 Å². The first-order valence-corrected chi connectivity index (χ1v) is 8.35. The molecule has 0 aliphatic heterocycles. The summed E-state index contributed by atoms with van der Waals surface area (Å²) in [6.07, 6.45) is 1.56. The van der Waals surface area contributed by atoms with Crippen LogP contribution in [0, 0.1) is 0 Å². The first kappa shape index (κ1) is 16.4. The van der Waals surface area contributed by atoms with E-state index in [4.69, 9.17) is 16.7 Å². The van der Waals surface area contributed by atoms with E-state index in [1.807, 2.05) is 41.0 Å². The van der Waals surface area contributed by atoms with E-state index in [2.05, 4.69) is 5.10 Å². The second kappa shape index (κ2) is 6.31. The van der Waals surface area contributed by atoms with E-state index >= 15 is 0 Å². The van der Waals surface area contributed by atoms with Crippen molar-refractivity contribution in [1.29, 1.82) is 0 Å². The Bertz CT molecular complexity index is 1190. The van der Waals surface area contributed by atoms with Gasteiger partial charge in [-0.15, -0.1) is 0 Å². The van der Waals surface area contributed by atoms with Gasteiger partial charge in [-0.2, -0.15) is 5.10 Å². The Morgan fingerprint density at radius 3 is 2.54 bits per heavy atom. The van der Waals surface area contributed by atoms with E-state index < -0.39 is 18.1 Å². The molecule has 2 heterocycles. The summed E-state index contributed by atoms with van der Waals surface area (Å²) < 4.78 is 2.87. The Balaban J connectivity index is 1.99. The van der Waals surface area contributed by atoms with Gasteiger partial charge in [0.2, 0.25) is 0 Å². The molecule has 4 aromatic rings. The molecule has 0 saturated heterocycles. The molecular formula is C19H14ClN3O3. The molecule has 1 N–H and O–H groups in total. The molecule has 0 aliphatic carbocycles. The monoisotopic (exact) mass is 367 g/mol. The quantitative estimate of drug-likeness (QED) is 0.601. The fourth-order valence-electron chi connectivity index (χ4n) is 3.17. The van der Waals surface area contributed by atoms with Gasteiger partial charge in [-0.1, -0.05) is 41.9 Å². The van der Waals surface area contributed by atoms with Gasteiger partial charge in [0.1, 0.15) is 12.1 Å². The normalized spacial score (nSPS) is 11.3. The number of aromatic nitrogens is 3. The highest BCUT2D eigenvalue weighted by Gasteiger charge is 2.16. The maximum Gasteiger partial charge on any atom is 0.325 e. The Morgan fingerprint density at radius 2 is 1.81 bits per heavy atom. The van der Waals surface area contributed by atoms with E-state index in [-0.39, 0.29) is 0 Å². The second-order valence-corrected chi connectivity index (χ2v) is 6.43. The van der Waals surface area contributed by atoms with Gasteiger partial charge in [0.25, 0.3) is 5.56 Å². The molecule has 26 heavy (non-hydrogen) atoms. The smallest absolute Gasteiger partial charge is 0.325 e. The summed E-state index contributed by atoms with van der Waals surface area (Å²) >= 11 is 5.95. The van der Waals surface area contributed by atoms with E-state index in [9.17, 15) is 9.59 Å². The van der Waals surface area contributed by atoms with Crippen LogP contribution in [0.25, 0.3) is 21.8 Å². The number of nitrogens with zero attached hydrogens (tertiary/aromatic N) is 3. The first-order valence-electron chi connectivity index (χ1n) is 7.98. The van der Waals surface area contributed by atoms with Crippen molar-refractivity contribution < 1.29 is 9.90 Å². The largest absolute Gasteiger partial charge is 0.480 e. The van der Waals surface area contributed by atoms with Crippen LogP contribution in [0.15, 0.2) is 59.5 Å². The van der Waals surface area contributed by atoms with Crippen LogP contribution in [-0.2, 0) is 17.9 Å². The minimum Gasteiger partial charge on any atom is -0.480 e. The lowest BCUT2D eigenvalue weighted by atomic mass is 10.2. The summed E-state index contributed by atoms with van der Waals surface area (Å²) in [6, 6.07) is 15.1. The molecule has 6 nitrogen and oxygen atoms in total. The average Bonchev–Trinajstić information content (AvgIpc) is 2.94. The van der Waals surface area contributed by atoms with Gasteiger partial charge in [-0.25, -0.2) is 4.68 Å². The molecule has 2 aromatic heterocycles. The molecule has 0 saturated carbocycles. The SMILES string of the molecule is O=C(O)Cn1ncc2c3ccccc3n(Cc3ccc(Cl)cc3)c2c1=O. The second-order valence-electron chi connectivity index (χ2n) is 5.99. The predicted molar refractivity (Wildman–Crippen MR) is 99.7 cm³/mol. The molecule has 0 atom stereocenters. The number of hydrogen-bond acceptors (Lipinski definition) is 3. The number of halogens is 1. The zero-order chi connectivity index (χ0) is 18.3. The fraction of sp³-hybridized carbons (Fsp3) is 0.105. The minimum atomic E-state index is -1.11. The van der Waals surface area contributed by atoms with Crippen molar-refractivity contribution in [3.63, 3.8) is 0 Å². The van der Waals surface area contributed by atoms with Gasteiger partial charge >= 0.3 is 5.97 Å². The number of hydrogen-bond donors (Lipinski definition) is 1. The molecule has 0 aliphatic rings. The number of benzene rings is 2. The molecule has 0 amide bonds. The zero-order valence-electron chi connectivity index (χ0n) is 13.6. The third-order valence-corrected chi connectivity index (χ3v) is 4.56. The van der Waals surface area contributed by atoms with Crippen molar-refractivity contribution in [2.24, 2.45) is 0 Å². The van der Waals surface area contributed by atoms with Crippen LogP contribution in [0.2, 0.25) is 5.02 Å². The molecule has 7 heteroatoms. The minimum absolute atomic E-state index is 0.421. The summed E-state index contributed by atoms with van der Waals surface area (Å²) in [5, 5.41) is 15.3. The lowest BCUT2D eigenvalue weighted by molar-refractivity contribution is -0.137.